The Labute approximate surface area is 186 Å². The van der Waals surface area contributed by atoms with E-state index in [0.717, 1.165) is 17.7 Å². The maximum Gasteiger partial charge on any atom is 0.313 e. The van der Waals surface area contributed by atoms with E-state index < -0.39 is 29.7 Å². The Morgan fingerprint density at radius 3 is 2.53 bits per heavy atom. The molecule has 2 amide bonds. The fraction of sp³-hybridized carbons (Fsp3) is 0.565. The number of carbonyl (C=O) groups excluding carboxylic acids is 3. The lowest BCUT2D eigenvalue weighted by atomic mass is 9.82. The molecule has 1 saturated carbocycles. The minimum absolute atomic E-state index is 0.00596. The highest BCUT2D eigenvalue weighted by atomic mass is 19.1. The molecule has 0 radical (unpaired) electrons. The molecule has 1 aliphatic carbocycles. The van der Waals surface area contributed by atoms with E-state index in [1.165, 1.54) is 18.2 Å². The van der Waals surface area contributed by atoms with Crippen LogP contribution in [0.5, 0.6) is 0 Å². The second-order valence-electron chi connectivity index (χ2n) is 8.14. The average Bonchev–Trinajstić information content (AvgIpc) is 3.29. The van der Waals surface area contributed by atoms with Crippen LogP contribution >= 0.6 is 0 Å². The summed E-state index contributed by atoms with van der Waals surface area (Å²) >= 11 is 0. The largest absolute Gasteiger partial charge is 0.455 e. The number of rotatable bonds is 8. The van der Waals surface area contributed by atoms with Gasteiger partial charge in [-0.15, -0.1) is 0 Å². The Kier molecular flexibility index (Phi) is 8.17. The number of carbonyl (C=O) groups is 3. The predicted molar refractivity (Wildman–Crippen MR) is 113 cm³/mol. The first-order valence-corrected chi connectivity index (χ1v) is 10.9. The quantitative estimate of drug-likeness (QED) is 0.570. The molecule has 9 heteroatoms. The fourth-order valence-corrected chi connectivity index (χ4v) is 4.29. The molecule has 1 heterocycles. The van der Waals surface area contributed by atoms with E-state index in [4.69, 9.17) is 14.7 Å². The van der Waals surface area contributed by atoms with Crippen LogP contribution in [0.4, 0.5) is 10.1 Å². The van der Waals surface area contributed by atoms with Crippen LogP contribution in [-0.4, -0.2) is 62.1 Å². The van der Waals surface area contributed by atoms with Gasteiger partial charge in [-0.05, 0) is 25.0 Å². The van der Waals surface area contributed by atoms with Gasteiger partial charge in [-0.25, -0.2) is 4.39 Å². The zero-order valence-electron chi connectivity index (χ0n) is 18.1. The summed E-state index contributed by atoms with van der Waals surface area (Å²) in [7, 11) is 0. The standard InChI is InChI=1S/C23H28FN3O5/c24-18-6-1-2-7-19(18)27(11-5-10-25)21(29)17-32-22(30)23(8-3-4-9-23)16-20(28)26-12-14-31-15-13-26/h1-2,6-7H,3-5,8-9,11-17H2. The van der Waals surface area contributed by atoms with Crippen LogP contribution in [0.25, 0.3) is 0 Å². The zero-order chi connectivity index (χ0) is 23.0. The van der Waals surface area contributed by atoms with Gasteiger partial charge in [0.2, 0.25) is 5.91 Å². The molecule has 1 aliphatic heterocycles. The molecule has 0 atom stereocenters. The van der Waals surface area contributed by atoms with Crippen molar-refractivity contribution in [2.45, 2.75) is 38.5 Å². The van der Waals surface area contributed by atoms with Gasteiger partial charge in [-0.3, -0.25) is 14.4 Å². The van der Waals surface area contributed by atoms with Gasteiger partial charge in [0.1, 0.15) is 5.82 Å². The molecule has 1 aromatic carbocycles. The summed E-state index contributed by atoms with van der Waals surface area (Å²) < 4.78 is 24.9. The minimum Gasteiger partial charge on any atom is -0.455 e. The molecular weight excluding hydrogens is 417 g/mol. The Morgan fingerprint density at radius 2 is 1.88 bits per heavy atom. The van der Waals surface area contributed by atoms with Gasteiger partial charge in [0.25, 0.3) is 5.91 Å². The first kappa shape index (κ1) is 23.7. The second kappa shape index (κ2) is 11.0. The number of hydrogen-bond donors (Lipinski definition) is 0. The maximum absolute atomic E-state index is 14.2. The predicted octanol–water partition coefficient (Wildman–Crippen LogP) is 2.42. The minimum atomic E-state index is -0.939. The summed E-state index contributed by atoms with van der Waals surface area (Å²) in [6.45, 7) is 1.36. The van der Waals surface area contributed by atoms with Crippen LogP contribution in [0, 0.1) is 22.6 Å². The van der Waals surface area contributed by atoms with Gasteiger partial charge in [0.05, 0.1) is 36.8 Å². The molecule has 0 bridgehead atoms. The van der Waals surface area contributed by atoms with Crippen molar-refractivity contribution in [3.63, 3.8) is 0 Å². The van der Waals surface area contributed by atoms with E-state index >= 15 is 0 Å². The molecule has 1 saturated heterocycles. The lowest BCUT2D eigenvalue weighted by Crippen LogP contribution is -2.45. The number of para-hydroxylation sites is 1. The van der Waals surface area contributed by atoms with E-state index in [0.29, 0.717) is 39.1 Å². The molecule has 2 fully saturated rings. The summed E-state index contributed by atoms with van der Waals surface area (Å²) in [5, 5.41) is 8.89. The highest BCUT2D eigenvalue weighted by molar-refractivity contribution is 5.96. The smallest absolute Gasteiger partial charge is 0.313 e. The van der Waals surface area contributed by atoms with Gasteiger partial charge in [0, 0.05) is 26.1 Å². The summed E-state index contributed by atoms with van der Waals surface area (Å²) in [4.78, 5) is 41.4. The number of ether oxygens (including phenoxy) is 2. The SMILES string of the molecule is N#CCCN(C(=O)COC(=O)C1(CC(=O)N2CCOCC2)CCCC1)c1ccccc1F. The lowest BCUT2D eigenvalue weighted by Gasteiger charge is -2.32. The highest BCUT2D eigenvalue weighted by Crippen LogP contribution is 2.42. The van der Waals surface area contributed by atoms with Crippen LogP contribution in [-0.2, 0) is 23.9 Å². The van der Waals surface area contributed by atoms with E-state index in [1.54, 1.807) is 11.0 Å². The van der Waals surface area contributed by atoms with Crippen LogP contribution in [0.1, 0.15) is 38.5 Å². The molecule has 3 rings (SSSR count). The third-order valence-electron chi connectivity index (χ3n) is 6.07. The molecule has 1 aromatic rings. The van der Waals surface area contributed by atoms with Crippen molar-refractivity contribution < 1.29 is 28.2 Å². The van der Waals surface area contributed by atoms with Gasteiger partial charge in [-0.2, -0.15) is 5.26 Å². The van der Waals surface area contributed by atoms with Crippen molar-refractivity contribution in [3.05, 3.63) is 30.1 Å². The topological polar surface area (TPSA) is 99.9 Å². The van der Waals surface area contributed by atoms with E-state index in [9.17, 15) is 18.8 Å². The number of esters is 1. The third kappa shape index (κ3) is 5.62. The first-order valence-electron chi connectivity index (χ1n) is 10.9. The van der Waals surface area contributed by atoms with Crippen molar-refractivity contribution in [1.29, 1.82) is 5.26 Å². The normalized spacial score (nSPS) is 17.4. The monoisotopic (exact) mass is 445 g/mol. The number of morpholine rings is 1. The second-order valence-corrected chi connectivity index (χ2v) is 8.14. The number of benzene rings is 1. The van der Waals surface area contributed by atoms with Crippen molar-refractivity contribution in [2.75, 3.05) is 44.4 Å². The number of nitriles is 1. The fourth-order valence-electron chi connectivity index (χ4n) is 4.29. The summed E-state index contributed by atoms with van der Waals surface area (Å²) in [6, 6.07) is 7.68. The van der Waals surface area contributed by atoms with Crippen molar-refractivity contribution >= 4 is 23.5 Å². The maximum atomic E-state index is 14.2. The van der Waals surface area contributed by atoms with E-state index in [2.05, 4.69) is 0 Å². The van der Waals surface area contributed by atoms with Gasteiger partial charge < -0.3 is 19.3 Å². The molecule has 172 valence electrons. The van der Waals surface area contributed by atoms with Crippen LogP contribution < -0.4 is 4.90 Å². The van der Waals surface area contributed by atoms with E-state index in [1.807, 2.05) is 6.07 Å². The Balaban J connectivity index is 1.65. The van der Waals surface area contributed by atoms with E-state index in [-0.39, 0.29) is 31.0 Å². The van der Waals surface area contributed by atoms with Crippen molar-refractivity contribution in [1.82, 2.24) is 4.90 Å². The number of amides is 2. The summed E-state index contributed by atoms with van der Waals surface area (Å²) in [6.07, 6.45) is 2.73. The molecule has 0 spiro atoms. The summed E-state index contributed by atoms with van der Waals surface area (Å²) in [5.41, 5.74) is -0.910. The molecular formula is C23H28FN3O5. The van der Waals surface area contributed by atoms with Crippen LogP contribution in [0.3, 0.4) is 0 Å². The zero-order valence-corrected chi connectivity index (χ0v) is 18.1. The van der Waals surface area contributed by atoms with Crippen molar-refractivity contribution in [3.8, 4) is 6.07 Å². The highest BCUT2D eigenvalue weighted by Gasteiger charge is 2.45. The Morgan fingerprint density at radius 1 is 1.19 bits per heavy atom. The Hall–Kier alpha value is -2.99. The lowest BCUT2D eigenvalue weighted by molar-refractivity contribution is -0.161. The molecule has 32 heavy (non-hydrogen) atoms. The molecule has 2 aliphatic rings. The number of hydrogen-bond acceptors (Lipinski definition) is 6. The first-order chi connectivity index (χ1) is 15.5. The molecule has 8 nitrogen and oxygen atoms in total. The van der Waals surface area contributed by atoms with Gasteiger partial charge in [0.15, 0.2) is 6.61 Å². The number of halogens is 1. The average molecular weight is 445 g/mol. The number of nitrogens with zero attached hydrogens (tertiary/aromatic N) is 3. The van der Waals surface area contributed by atoms with Crippen LogP contribution in [0.15, 0.2) is 24.3 Å². The molecule has 0 unspecified atom stereocenters. The molecule has 0 aromatic heterocycles. The van der Waals surface area contributed by atoms with Crippen molar-refractivity contribution in [2.24, 2.45) is 5.41 Å². The third-order valence-corrected chi connectivity index (χ3v) is 6.07. The van der Waals surface area contributed by atoms with Crippen LogP contribution in [0.2, 0.25) is 0 Å². The van der Waals surface area contributed by atoms with Gasteiger partial charge >= 0.3 is 5.97 Å². The molecule has 0 N–H and O–H groups in total. The van der Waals surface area contributed by atoms with Gasteiger partial charge in [-0.1, -0.05) is 25.0 Å². The Bertz CT molecular complexity index is 873. The number of anilines is 1. The summed E-state index contributed by atoms with van der Waals surface area (Å²) in [5.74, 6) is -1.90.